The van der Waals surface area contributed by atoms with Crippen LogP contribution >= 0.6 is 0 Å². The van der Waals surface area contributed by atoms with Gasteiger partial charge in [-0.3, -0.25) is 4.79 Å². The molecule has 0 heterocycles. The predicted molar refractivity (Wildman–Crippen MR) is 63.1 cm³/mol. The van der Waals surface area contributed by atoms with Crippen LogP contribution in [0.5, 0.6) is 0 Å². The summed E-state index contributed by atoms with van der Waals surface area (Å²) in [6.07, 6.45) is -1.28. The second kappa shape index (κ2) is 5.88. The molecule has 0 aliphatic carbocycles. The van der Waals surface area contributed by atoms with Crippen LogP contribution in [0.4, 0.5) is 4.39 Å². The van der Waals surface area contributed by atoms with Gasteiger partial charge in [-0.05, 0) is 6.92 Å². The number of sulfonamides is 1. The quantitative estimate of drug-likeness (QED) is 0.779. The Hall–Kier alpha value is -1.27. The molecule has 0 saturated heterocycles. The summed E-state index contributed by atoms with van der Waals surface area (Å²) in [6, 6.07) is 8.10. The maximum absolute atomic E-state index is 12.5. The van der Waals surface area contributed by atoms with Crippen molar-refractivity contribution in [2.45, 2.75) is 13.1 Å². The summed E-state index contributed by atoms with van der Waals surface area (Å²) < 4.78 is 37.4. The summed E-state index contributed by atoms with van der Waals surface area (Å²) in [5, 5.41) is 0. The van der Waals surface area contributed by atoms with Crippen LogP contribution in [0.2, 0.25) is 0 Å². The van der Waals surface area contributed by atoms with Crippen LogP contribution in [-0.2, 0) is 10.0 Å². The molecule has 0 spiro atoms. The SMILES string of the molecule is CC(F)CNS(=O)(=O)CC(=O)c1ccccc1. The van der Waals surface area contributed by atoms with Crippen molar-refractivity contribution in [3.63, 3.8) is 0 Å². The van der Waals surface area contributed by atoms with Gasteiger partial charge in [-0.1, -0.05) is 30.3 Å². The molecule has 1 aromatic rings. The number of hydrogen-bond acceptors (Lipinski definition) is 3. The van der Waals surface area contributed by atoms with Crippen LogP contribution < -0.4 is 4.72 Å². The Kier molecular flexibility index (Phi) is 4.77. The van der Waals surface area contributed by atoms with E-state index in [2.05, 4.69) is 0 Å². The third-order valence-electron chi connectivity index (χ3n) is 2.00. The van der Waals surface area contributed by atoms with E-state index in [4.69, 9.17) is 0 Å². The minimum atomic E-state index is -3.76. The number of carbonyl (C=O) groups is 1. The first kappa shape index (κ1) is 13.8. The lowest BCUT2D eigenvalue weighted by molar-refractivity contribution is 0.102. The first-order valence-corrected chi connectivity index (χ1v) is 6.75. The molecule has 4 nitrogen and oxygen atoms in total. The minimum Gasteiger partial charge on any atom is -0.293 e. The van der Waals surface area contributed by atoms with E-state index in [1.165, 1.54) is 19.1 Å². The lowest BCUT2D eigenvalue weighted by atomic mass is 10.2. The van der Waals surface area contributed by atoms with Crippen LogP contribution in [0.3, 0.4) is 0 Å². The highest BCUT2D eigenvalue weighted by Crippen LogP contribution is 2.02. The third kappa shape index (κ3) is 5.06. The van der Waals surface area contributed by atoms with Crippen LogP contribution in [0, 0.1) is 0 Å². The number of alkyl halides is 1. The number of rotatable bonds is 6. The highest BCUT2D eigenvalue weighted by molar-refractivity contribution is 7.90. The van der Waals surface area contributed by atoms with E-state index in [-0.39, 0.29) is 6.54 Å². The molecule has 0 bridgehead atoms. The molecule has 94 valence electrons. The fourth-order valence-corrected chi connectivity index (χ4v) is 2.27. The zero-order chi connectivity index (χ0) is 12.9. The number of hydrogen-bond donors (Lipinski definition) is 1. The molecule has 1 unspecified atom stereocenters. The Balaban J connectivity index is 2.63. The summed E-state index contributed by atoms with van der Waals surface area (Å²) in [7, 11) is -3.76. The molecule has 0 saturated carbocycles. The molecular formula is C11H14FNO3S. The third-order valence-corrected chi connectivity index (χ3v) is 3.25. The molecule has 1 N–H and O–H groups in total. The molecule has 1 aromatic carbocycles. The summed E-state index contributed by atoms with van der Waals surface area (Å²) in [6.45, 7) is 0.923. The van der Waals surface area contributed by atoms with Gasteiger partial charge in [0.15, 0.2) is 5.78 Å². The van der Waals surface area contributed by atoms with Crippen molar-refractivity contribution in [1.82, 2.24) is 4.72 Å². The average molecular weight is 259 g/mol. The molecule has 0 radical (unpaired) electrons. The van der Waals surface area contributed by atoms with E-state index < -0.39 is 27.7 Å². The first-order chi connectivity index (χ1) is 7.91. The van der Waals surface area contributed by atoms with Gasteiger partial charge in [0.25, 0.3) is 0 Å². The lowest BCUT2D eigenvalue weighted by Gasteiger charge is -2.06. The average Bonchev–Trinajstić information content (AvgIpc) is 2.27. The van der Waals surface area contributed by atoms with E-state index in [9.17, 15) is 17.6 Å². The smallest absolute Gasteiger partial charge is 0.219 e. The second-order valence-electron chi connectivity index (χ2n) is 3.68. The van der Waals surface area contributed by atoms with Gasteiger partial charge < -0.3 is 0 Å². The summed E-state index contributed by atoms with van der Waals surface area (Å²) in [5.41, 5.74) is 0.325. The standard InChI is InChI=1S/C11H14FNO3S/c1-9(12)7-13-17(15,16)8-11(14)10-5-3-2-4-6-10/h2-6,9,13H,7-8H2,1H3. The Morgan fingerprint density at radius 2 is 1.94 bits per heavy atom. The highest BCUT2D eigenvalue weighted by atomic mass is 32.2. The van der Waals surface area contributed by atoms with Crippen molar-refractivity contribution < 1.29 is 17.6 Å². The molecule has 0 aliphatic heterocycles. The normalized spacial score (nSPS) is 13.3. The minimum absolute atomic E-state index is 0.315. The van der Waals surface area contributed by atoms with E-state index in [1.807, 2.05) is 4.72 Å². The zero-order valence-electron chi connectivity index (χ0n) is 9.39. The molecule has 0 aromatic heterocycles. The summed E-state index contributed by atoms with van der Waals surface area (Å²) >= 11 is 0. The van der Waals surface area contributed by atoms with Crippen molar-refractivity contribution in [3.8, 4) is 0 Å². The summed E-state index contributed by atoms with van der Waals surface area (Å²) in [5.74, 6) is -1.17. The van der Waals surface area contributed by atoms with Gasteiger partial charge in [0, 0.05) is 12.1 Å². The zero-order valence-corrected chi connectivity index (χ0v) is 10.2. The van der Waals surface area contributed by atoms with E-state index in [0.29, 0.717) is 5.56 Å². The van der Waals surface area contributed by atoms with Crippen LogP contribution in [0.1, 0.15) is 17.3 Å². The highest BCUT2D eigenvalue weighted by Gasteiger charge is 2.17. The van der Waals surface area contributed by atoms with Gasteiger partial charge in [-0.25, -0.2) is 17.5 Å². The van der Waals surface area contributed by atoms with Crippen molar-refractivity contribution >= 4 is 15.8 Å². The van der Waals surface area contributed by atoms with E-state index >= 15 is 0 Å². The number of nitrogens with one attached hydrogen (secondary N) is 1. The molecule has 0 amide bonds. The summed E-state index contributed by atoms with van der Waals surface area (Å²) in [4.78, 5) is 11.6. The molecule has 1 rings (SSSR count). The van der Waals surface area contributed by atoms with Crippen LogP contribution in [-0.4, -0.2) is 32.7 Å². The largest absolute Gasteiger partial charge is 0.293 e. The lowest BCUT2D eigenvalue weighted by Crippen LogP contribution is -2.33. The van der Waals surface area contributed by atoms with Crippen LogP contribution in [0.25, 0.3) is 0 Å². The van der Waals surface area contributed by atoms with Gasteiger partial charge in [0.05, 0.1) is 0 Å². The van der Waals surface area contributed by atoms with Crippen LogP contribution in [0.15, 0.2) is 30.3 Å². The Morgan fingerprint density at radius 1 is 1.35 bits per heavy atom. The van der Waals surface area contributed by atoms with E-state index in [1.54, 1.807) is 18.2 Å². The van der Waals surface area contributed by atoms with Gasteiger partial charge in [-0.2, -0.15) is 0 Å². The van der Waals surface area contributed by atoms with Crippen molar-refractivity contribution in [2.75, 3.05) is 12.3 Å². The molecule has 17 heavy (non-hydrogen) atoms. The molecular weight excluding hydrogens is 245 g/mol. The molecule has 0 fully saturated rings. The van der Waals surface area contributed by atoms with Gasteiger partial charge >= 0.3 is 0 Å². The molecule has 0 aliphatic rings. The number of benzene rings is 1. The maximum atomic E-state index is 12.5. The Morgan fingerprint density at radius 3 is 2.47 bits per heavy atom. The van der Waals surface area contributed by atoms with Gasteiger partial charge in [-0.15, -0.1) is 0 Å². The van der Waals surface area contributed by atoms with Gasteiger partial charge in [0.1, 0.15) is 11.9 Å². The van der Waals surface area contributed by atoms with Crippen molar-refractivity contribution in [1.29, 1.82) is 0 Å². The van der Waals surface area contributed by atoms with Gasteiger partial charge in [0.2, 0.25) is 10.0 Å². The number of carbonyl (C=O) groups excluding carboxylic acids is 1. The molecule has 1 atom stereocenters. The monoisotopic (exact) mass is 259 g/mol. The number of ketones is 1. The second-order valence-corrected chi connectivity index (χ2v) is 5.48. The molecule has 6 heteroatoms. The fourth-order valence-electron chi connectivity index (χ4n) is 1.17. The number of halogens is 1. The van der Waals surface area contributed by atoms with Crippen molar-refractivity contribution in [3.05, 3.63) is 35.9 Å². The van der Waals surface area contributed by atoms with Crippen molar-refractivity contribution in [2.24, 2.45) is 0 Å². The topological polar surface area (TPSA) is 63.2 Å². The maximum Gasteiger partial charge on any atom is 0.219 e. The van der Waals surface area contributed by atoms with E-state index in [0.717, 1.165) is 0 Å². The fraction of sp³-hybridized carbons (Fsp3) is 0.364. The Labute approximate surface area is 99.9 Å². The first-order valence-electron chi connectivity index (χ1n) is 5.10. The predicted octanol–water partition coefficient (Wildman–Crippen LogP) is 1.15. The Bertz CT molecular complexity index is 471. The number of Topliss-reactive ketones (excluding diaryl/α,β-unsaturated/α-hetero) is 1.